The van der Waals surface area contributed by atoms with Gasteiger partial charge < -0.3 is 9.47 Å². The van der Waals surface area contributed by atoms with Crippen molar-refractivity contribution in [1.82, 2.24) is 4.90 Å². The smallest absolute Gasteiger partial charge is 0.411 e. The summed E-state index contributed by atoms with van der Waals surface area (Å²) in [5, 5.41) is 2.66. The number of methoxy groups -OCH3 is 1. The van der Waals surface area contributed by atoms with Gasteiger partial charge in [0.15, 0.2) is 0 Å². The number of hydrogen-bond donors (Lipinski definition) is 1. The minimum atomic E-state index is -0.529. The number of hydrogen-bond acceptors (Lipinski definition) is 4. The first-order valence-corrected chi connectivity index (χ1v) is 6.74. The van der Waals surface area contributed by atoms with E-state index in [1.807, 2.05) is 32.9 Å². The molecule has 0 atom stereocenters. The molecule has 6 heteroatoms. The molecular formula is C15H20N2O4. The van der Waals surface area contributed by atoms with Crippen LogP contribution < -0.4 is 5.32 Å². The SMILES string of the molecule is COC(=O)Nc1cccc2c1CN(C(=O)OC(C)(C)C)C2. The van der Waals surface area contributed by atoms with Crippen molar-refractivity contribution in [3.63, 3.8) is 0 Å². The highest BCUT2D eigenvalue weighted by molar-refractivity contribution is 5.86. The van der Waals surface area contributed by atoms with Crippen molar-refractivity contribution < 1.29 is 19.1 Å². The van der Waals surface area contributed by atoms with E-state index in [1.54, 1.807) is 11.0 Å². The van der Waals surface area contributed by atoms with Crippen molar-refractivity contribution in [3.8, 4) is 0 Å². The van der Waals surface area contributed by atoms with Gasteiger partial charge >= 0.3 is 12.2 Å². The molecule has 0 aliphatic carbocycles. The Morgan fingerprint density at radius 3 is 2.57 bits per heavy atom. The fourth-order valence-corrected chi connectivity index (χ4v) is 2.16. The van der Waals surface area contributed by atoms with E-state index in [1.165, 1.54) is 7.11 Å². The van der Waals surface area contributed by atoms with Crippen molar-refractivity contribution in [1.29, 1.82) is 0 Å². The molecule has 6 nitrogen and oxygen atoms in total. The lowest BCUT2D eigenvalue weighted by Crippen LogP contribution is -2.33. The normalized spacial score (nSPS) is 13.6. The average molecular weight is 292 g/mol. The molecule has 0 radical (unpaired) electrons. The largest absolute Gasteiger partial charge is 0.453 e. The first-order valence-electron chi connectivity index (χ1n) is 6.74. The van der Waals surface area contributed by atoms with Crippen LogP contribution in [-0.4, -0.2) is 29.8 Å². The molecule has 1 aliphatic heterocycles. The number of nitrogens with zero attached hydrogens (tertiary/aromatic N) is 1. The Bertz CT molecular complexity index is 563. The van der Waals surface area contributed by atoms with Gasteiger partial charge in [-0.2, -0.15) is 0 Å². The molecule has 1 aliphatic rings. The predicted molar refractivity (Wildman–Crippen MR) is 78.0 cm³/mol. The van der Waals surface area contributed by atoms with Crippen molar-refractivity contribution >= 4 is 17.9 Å². The zero-order valence-electron chi connectivity index (χ0n) is 12.7. The van der Waals surface area contributed by atoms with Crippen LogP contribution in [0.3, 0.4) is 0 Å². The molecule has 21 heavy (non-hydrogen) atoms. The quantitative estimate of drug-likeness (QED) is 0.863. The summed E-state index contributed by atoms with van der Waals surface area (Å²) in [6, 6.07) is 5.55. The standard InChI is InChI=1S/C15H20N2O4/c1-15(2,3)21-14(19)17-8-10-6-5-7-12(11(10)9-17)16-13(18)20-4/h5-7H,8-9H2,1-4H3,(H,16,18). The van der Waals surface area contributed by atoms with Gasteiger partial charge in [0, 0.05) is 17.8 Å². The summed E-state index contributed by atoms with van der Waals surface area (Å²) >= 11 is 0. The number of ether oxygens (including phenoxy) is 2. The Balaban J connectivity index is 2.13. The second-order valence-electron chi connectivity index (χ2n) is 5.90. The van der Waals surface area contributed by atoms with E-state index < -0.39 is 11.7 Å². The van der Waals surface area contributed by atoms with Gasteiger partial charge in [-0.25, -0.2) is 9.59 Å². The lowest BCUT2D eigenvalue weighted by Gasteiger charge is -2.24. The van der Waals surface area contributed by atoms with Crippen LogP contribution >= 0.6 is 0 Å². The first kappa shape index (κ1) is 15.2. The third kappa shape index (κ3) is 3.65. The van der Waals surface area contributed by atoms with Crippen LogP contribution in [-0.2, 0) is 22.6 Å². The highest BCUT2D eigenvalue weighted by Crippen LogP contribution is 2.30. The minimum absolute atomic E-state index is 0.359. The van der Waals surface area contributed by atoms with Crippen LogP contribution in [0.5, 0.6) is 0 Å². The van der Waals surface area contributed by atoms with E-state index in [9.17, 15) is 9.59 Å². The number of amides is 2. The van der Waals surface area contributed by atoms with E-state index in [-0.39, 0.29) is 6.09 Å². The molecule has 0 spiro atoms. The molecule has 0 fully saturated rings. The van der Waals surface area contributed by atoms with E-state index >= 15 is 0 Å². The van der Waals surface area contributed by atoms with Gasteiger partial charge in [-0.3, -0.25) is 10.2 Å². The molecule has 1 heterocycles. The Morgan fingerprint density at radius 2 is 1.95 bits per heavy atom. The Hall–Kier alpha value is -2.24. The monoisotopic (exact) mass is 292 g/mol. The average Bonchev–Trinajstić information content (AvgIpc) is 2.81. The number of nitrogens with one attached hydrogen (secondary N) is 1. The van der Waals surface area contributed by atoms with Gasteiger partial charge in [0.2, 0.25) is 0 Å². The number of carbonyl (C=O) groups is 2. The summed E-state index contributed by atoms with van der Waals surface area (Å²) in [4.78, 5) is 25.1. The zero-order valence-corrected chi connectivity index (χ0v) is 12.7. The topological polar surface area (TPSA) is 67.9 Å². The van der Waals surface area contributed by atoms with Crippen LogP contribution in [0.25, 0.3) is 0 Å². The molecular weight excluding hydrogens is 272 g/mol. The van der Waals surface area contributed by atoms with Crippen molar-refractivity contribution in [2.24, 2.45) is 0 Å². The predicted octanol–water partition coefficient (Wildman–Crippen LogP) is 3.12. The van der Waals surface area contributed by atoms with Crippen LogP contribution in [0.4, 0.5) is 15.3 Å². The van der Waals surface area contributed by atoms with E-state index in [2.05, 4.69) is 10.1 Å². The summed E-state index contributed by atoms with van der Waals surface area (Å²) < 4.78 is 9.97. The Kier molecular flexibility index (Phi) is 4.06. The second-order valence-corrected chi connectivity index (χ2v) is 5.90. The van der Waals surface area contributed by atoms with Crippen LogP contribution in [0.15, 0.2) is 18.2 Å². The van der Waals surface area contributed by atoms with Gasteiger partial charge in [-0.1, -0.05) is 12.1 Å². The van der Waals surface area contributed by atoms with E-state index in [0.29, 0.717) is 18.8 Å². The van der Waals surface area contributed by atoms with E-state index in [0.717, 1.165) is 11.1 Å². The second kappa shape index (κ2) is 5.63. The molecule has 1 aromatic carbocycles. The van der Waals surface area contributed by atoms with Gasteiger partial charge in [0.1, 0.15) is 5.60 Å². The van der Waals surface area contributed by atoms with Crippen molar-refractivity contribution in [3.05, 3.63) is 29.3 Å². The van der Waals surface area contributed by atoms with Crippen molar-refractivity contribution in [2.45, 2.75) is 39.5 Å². The summed E-state index contributed by atoms with van der Waals surface area (Å²) in [7, 11) is 1.31. The summed E-state index contributed by atoms with van der Waals surface area (Å²) in [6.07, 6.45) is -0.887. The summed E-state index contributed by atoms with van der Waals surface area (Å²) in [6.45, 7) is 6.38. The molecule has 2 rings (SSSR count). The lowest BCUT2D eigenvalue weighted by molar-refractivity contribution is 0.0242. The molecule has 0 aromatic heterocycles. The van der Waals surface area contributed by atoms with Gasteiger partial charge in [0.25, 0.3) is 0 Å². The molecule has 0 saturated heterocycles. The third-order valence-electron chi connectivity index (χ3n) is 3.06. The maximum Gasteiger partial charge on any atom is 0.411 e. The first-order chi connectivity index (χ1) is 9.80. The molecule has 1 aromatic rings. The molecule has 2 amide bonds. The Morgan fingerprint density at radius 1 is 1.24 bits per heavy atom. The zero-order chi connectivity index (χ0) is 15.6. The Labute approximate surface area is 124 Å². The molecule has 0 saturated carbocycles. The molecule has 114 valence electrons. The fraction of sp³-hybridized carbons (Fsp3) is 0.467. The van der Waals surface area contributed by atoms with Crippen LogP contribution in [0.2, 0.25) is 0 Å². The number of rotatable bonds is 1. The van der Waals surface area contributed by atoms with Crippen LogP contribution in [0.1, 0.15) is 31.9 Å². The number of anilines is 1. The van der Waals surface area contributed by atoms with Gasteiger partial charge in [-0.15, -0.1) is 0 Å². The molecule has 1 N–H and O–H groups in total. The summed E-state index contributed by atoms with van der Waals surface area (Å²) in [5.41, 5.74) is 2.04. The van der Waals surface area contributed by atoms with Gasteiger partial charge in [0.05, 0.1) is 13.7 Å². The fourth-order valence-electron chi connectivity index (χ4n) is 2.16. The highest BCUT2D eigenvalue weighted by atomic mass is 16.6. The molecule has 0 unspecified atom stereocenters. The van der Waals surface area contributed by atoms with E-state index in [4.69, 9.17) is 4.74 Å². The third-order valence-corrected chi connectivity index (χ3v) is 3.06. The lowest BCUT2D eigenvalue weighted by atomic mass is 10.1. The number of benzene rings is 1. The number of fused-ring (bicyclic) bond motifs is 1. The maximum atomic E-state index is 12.1. The highest BCUT2D eigenvalue weighted by Gasteiger charge is 2.29. The molecule has 0 bridgehead atoms. The minimum Gasteiger partial charge on any atom is -0.453 e. The van der Waals surface area contributed by atoms with Gasteiger partial charge in [-0.05, 0) is 32.4 Å². The maximum absolute atomic E-state index is 12.1. The summed E-state index contributed by atoms with van der Waals surface area (Å²) in [5.74, 6) is 0. The van der Waals surface area contributed by atoms with Crippen LogP contribution in [0, 0.1) is 0 Å². The van der Waals surface area contributed by atoms with Crippen molar-refractivity contribution in [2.75, 3.05) is 12.4 Å². The number of carbonyl (C=O) groups excluding carboxylic acids is 2.